The molecule has 4 aromatic carbocycles. The SMILES string of the molecule is CC(N)Cc1cc(I)c(Oc2ccc(O)c(I)c2)c(I)c1.NC(Cc1cc(I)c(Oc2cc(I)c(O)c(I)c2)c(I)c1)C(=O)O. The van der Waals surface area contributed by atoms with Gasteiger partial charge in [-0.2, -0.15) is 0 Å². The molecule has 0 spiro atoms. The molecule has 8 nitrogen and oxygen atoms in total. The molecule has 15 heteroatoms. The summed E-state index contributed by atoms with van der Waals surface area (Å²) in [5.41, 5.74) is 13.5. The van der Waals surface area contributed by atoms with E-state index in [9.17, 15) is 15.0 Å². The molecule has 45 heavy (non-hydrogen) atoms. The monoisotopic (exact) mass is 1400 g/mol. The maximum Gasteiger partial charge on any atom is 0.320 e. The molecule has 0 heterocycles. The van der Waals surface area contributed by atoms with Crippen LogP contribution in [-0.2, 0) is 17.6 Å². The van der Waals surface area contributed by atoms with Gasteiger partial charge in [-0.25, -0.2) is 0 Å². The maximum atomic E-state index is 10.9. The third kappa shape index (κ3) is 12.1. The van der Waals surface area contributed by atoms with Gasteiger partial charge in [-0.15, -0.1) is 0 Å². The molecule has 2 unspecified atom stereocenters. The number of aromatic hydroxyl groups is 2. The Morgan fingerprint density at radius 3 is 1.51 bits per heavy atom. The van der Waals surface area contributed by atoms with E-state index in [-0.39, 0.29) is 24.0 Å². The highest BCUT2D eigenvalue weighted by molar-refractivity contribution is 14.1. The third-order valence-corrected chi connectivity index (χ3v) is 11.5. The Balaban J connectivity index is 0.000000248. The molecule has 0 fully saturated rings. The number of nitrogens with two attached hydrogens (primary N) is 2. The predicted molar refractivity (Wildman–Crippen MR) is 235 cm³/mol. The lowest BCUT2D eigenvalue weighted by molar-refractivity contribution is -0.138. The van der Waals surface area contributed by atoms with Gasteiger partial charge >= 0.3 is 5.97 Å². The highest BCUT2D eigenvalue weighted by atomic mass is 127. The van der Waals surface area contributed by atoms with Crippen LogP contribution >= 0.6 is 158 Å². The molecule has 0 aliphatic heterocycles. The summed E-state index contributed by atoms with van der Waals surface area (Å²) in [6.07, 6.45) is 1.11. The summed E-state index contributed by atoms with van der Waals surface area (Å²) in [6.45, 7) is 2.00. The first-order valence-electron chi connectivity index (χ1n) is 12.8. The van der Waals surface area contributed by atoms with Crippen molar-refractivity contribution in [2.24, 2.45) is 11.5 Å². The van der Waals surface area contributed by atoms with Gasteiger partial charge in [0.2, 0.25) is 0 Å². The predicted octanol–water partition coefficient (Wildman–Crippen LogP) is 9.45. The largest absolute Gasteiger partial charge is 0.507 e. The Hall–Kier alpha value is 0.580. The molecule has 0 saturated carbocycles. The van der Waals surface area contributed by atoms with Crippen molar-refractivity contribution in [2.75, 3.05) is 0 Å². The number of benzene rings is 4. The summed E-state index contributed by atoms with van der Waals surface area (Å²) in [4.78, 5) is 10.9. The summed E-state index contributed by atoms with van der Waals surface area (Å²) >= 11 is 15.1. The summed E-state index contributed by atoms with van der Waals surface area (Å²) < 4.78 is 18.0. The van der Waals surface area contributed by atoms with Crippen LogP contribution in [0.5, 0.6) is 34.5 Å². The second-order valence-electron chi connectivity index (χ2n) is 9.66. The van der Waals surface area contributed by atoms with Gasteiger partial charge < -0.3 is 36.3 Å². The van der Waals surface area contributed by atoms with Crippen LogP contribution in [0.15, 0.2) is 54.6 Å². The van der Waals surface area contributed by atoms with Gasteiger partial charge in [0.05, 0.1) is 25.0 Å². The van der Waals surface area contributed by atoms with Crippen LogP contribution in [0.4, 0.5) is 0 Å². The van der Waals surface area contributed by atoms with Crippen LogP contribution in [0.2, 0.25) is 0 Å². The first kappa shape index (κ1) is 40.0. The van der Waals surface area contributed by atoms with Crippen LogP contribution < -0.4 is 20.9 Å². The van der Waals surface area contributed by atoms with Crippen molar-refractivity contribution < 1.29 is 29.6 Å². The van der Waals surface area contributed by atoms with E-state index in [1.54, 1.807) is 24.3 Å². The average molecular weight is 1400 g/mol. The number of rotatable bonds is 9. The quantitative estimate of drug-likeness (QED) is 0.104. The standard InChI is InChI=1S/C15H11I4NO4.C15H14I3NO2/c16-8-4-7(5-9(17)13(8)21)24-14-10(18)1-6(2-11(14)19)3-12(20)15(22)23;1-8(19)4-9-5-12(17)15(13(18)6-9)21-10-2-3-14(20)11(16)7-10/h1-2,4-5,12,21H,3,20H2,(H,22,23);2-3,5-8,20H,4,19H2,1H3. The number of carboxylic acids is 1. The van der Waals surface area contributed by atoms with Gasteiger partial charge in [-0.1, -0.05) is 0 Å². The van der Waals surface area contributed by atoms with Crippen molar-refractivity contribution in [1.29, 1.82) is 0 Å². The van der Waals surface area contributed by atoms with Crippen molar-refractivity contribution in [3.8, 4) is 34.5 Å². The minimum atomic E-state index is -1.02. The number of ether oxygens (including phenoxy) is 2. The minimum Gasteiger partial charge on any atom is -0.507 e. The van der Waals surface area contributed by atoms with Gasteiger partial charge in [0, 0.05) is 6.04 Å². The second kappa shape index (κ2) is 18.5. The molecule has 0 amide bonds. The molecule has 0 aliphatic rings. The molecule has 0 aliphatic carbocycles. The fourth-order valence-electron chi connectivity index (χ4n) is 3.76. The van der Waals surface area contributed by atoms with Gasteiger partial charge in [0.1, 0.15) is 29.0 Å². The van der Waals surface area contributed by atoms with Crippen LogP contribution in [0, 0.1) is 25.0 Å². The molecule has 240 valence electrons. The van der Waals surface area contributed by atoms with Crippen molar-refractivity contribution in [3.63, 3.8) is 0 Å². The maximum absolute atomic E-state index is 10.9. The lowest BCUT2D eigenvalue weighted by Crippen LogP contribution is -2.32. The fraction of sp³-hybridized carbons (Fsp3) is 0.167. The molecular weight excluding hydrogens is 1370 g/mol. The van der Waals surface area contributed by atoms with Crippen LogP contribution in [0.25, 0.3) is 0 Å². The number of carboxylic acid groups (broad SMARTS) is 1. The van der Waals surface area contributed by atoms with Crippen molar-refractivity contribution in [3.05, 3.63) is 90.7 Å². The number of phenolic OH excluding ortho intramolecular Hbond substituents is 2. The van der Waals surface area contributed by atoms with E-state index in [0.29, 0.717) is 24.4 Å². The summed E-state index contributed by atoms with van der Waals surface area (Å²) in [5, 5.41) is 28.3. The average Bonchev–Trinajstić information content (AvgIpc) is 2.93. The lowest BCUT2D eigenvalue weighted by atomic mass is 10.1. The number of aliphatic carboxylic acids is 1. The Kier molecular flexibility index (Phi) is 16.5. The molecule has 0 saturated heterocycles. The Bertz CT molecular complexity index is 1630. The molecule has 4 aromatic rings. The molecule has 0 aromatic heterocycles. The van der Waals surface area contributed by atoms with Gasteiger partial charge in [-0.3, -0.25) is 4.79 Å². The third-order valence-electron chi connectivity index (χ3n) is 5.80. The number of carbonyl (C=O) groups is 1. The van der Waals surface area contributed by atoms with Crippen LogP contribution in [0.3, 0.4) is 0 Å². The molecule has 7 N–H and O–H groups in total. The number of hydrogen-bond donors (Lipinski definition) is 5. The first-order chi connectivity index (χ1) is 21.0. The Morgan fingerprint density at radius 2 is 1.09 bits per heavy atom. The van der Waals surface area contributed by atoms with E-state index in [1.807, 2.05) is 25.1 Å². The zero-order valence-corrected chi connectivity index (χ0v) is 38.2. The van der Waals surface area contributed by atoms with E-state index < -0.39 is 12.0 Å². The van der Waals surface area contributed by atoms with E-state index in [2.05, 4.69) is 170 Å². The van der Waals surface area contributed by atoms with Gasteiger partial charge in [0.25, 0.3) is 0 Å². The van der Waals surface area contributed by atoms with Gasteiger partial charge in [-0.05, 0) is 244 Å². The van der Waals surface area contributed by atoms with Crippen LogP contribution in [0.1, 0.15) is 18.1 Å². The summed E-state index contributed by atoms with van der Waals surface area (Å²) in [7, 11) is 0. The highest BCUT2D eigenvalue weighted by Gasteiger charge is 2.17. The van der Waals surface area contributed by atoms with Crippen molar-refractivity contribution in [2.45, 2.75) is 31.8 Å². The normalized spacial score (nSPS) is 12.1. The molecule has 0 radical (unpaired) electrons. The second-order valence-corrected chi connectivity index (χ2v) is 17.8. The smallest absolute Gasteiger partial charge is 0.320 e. The summed E-state index contributed by atoms with van der Waals surface area (Å²) in [6, 6.07) is 15.9. The van der Waals surface area contributed by atoms with E-state index in [1.165, 1.54) is 5.56 Å². The number of halogens is 7. The van der Waals surface area contributed by atoms with Crippen molar-refractivity contribution >= 4 is 164 Å². The van der Waals surface area contributed by atoms with Crippen molar-refractivity contribution in [1.82, 2.24) is 0 Å². The van der Waals surface area contributed by atoms with E-state index >= 15 is 0 Å². The van der Waals surface area contributed by atoms with E-state index in [4.69, 9.17) is 26.0 Å². The topological polar surface area (TPSA) is 148 Å². The molecular formula is C30H25I7N2O6. The first-order valence-corrected chi connectivity index (χ1v) is 20.3. The zero-order valence-electron chi connectivity index (χ0n) is 23.1. The Morgan fingerprint density at radius 1 is 0.667 bits per heavy atom. The summed E-state index contributed by atoms with van der Waals surface area (Å²) in [5.74, 6) is 2.37. The molecule has 4 rings (SSSR count). The number of hydrogen-bond acceptors (Lipinski definition) is 7. The van der Waals surface area contributed by atoms with Gasteiger partial charge in [0.15, 0.2) is 11.5 Å². The lowest BCUT2D eigenvalue weighted by Gasteiger charge is -2.14. The van der Waals surface area contributed by atoms with Crippen LogP contribution in [-0.4, -0.2) is 33.4 Å². The van der Waals surface area contributed by atoms with E-state index in [0.717, 1.165) is 35.6 Å². The Labute approximate surface area is 356 Å². The fourth-order valence-corrected chi connectivity index (χ4v) is 10.2. The molecule has 2 atom stereocenters. The number of phenols is 2. The highest BCUT2D eigenvalue weighted by Crippen LogP contribution is 2.37. The zero-order chi connectivity index (χ0) is 33.6. The minimum absolute atomic E-state index is 0.141. The molecule has 0 bridgehead atoms.